The number of carbonyl (C=O) groups excluding carboxylic acids is 1. The zero-order valence-corrected chi connectivity index (χ0v) is 11.9. The van der Waals surface area contributed by atoms with Crippen LogP contribution in [0.2, 0.25) is 0 Å². The summed E-state index contributed by atoms with van der Waals surface area (Å²) in [6.07, 6.45) is 4.97. The van der Waals surface area contributed by atoms with Crippen LogP contribution in [0, 0.1) is 0 Å². The summed E-state index contributed by atoms with van der Waals surface area (Å²) in [7, 11) is 1.66. The molecule has 2 rings (SSSR count). The summed E-state index contributed by atoms with van der Waals surface area (Å²) in [4.78, 5) is 14.3. The Balaban J connectivity index is 1.85. The Kier molecular flexibility index (Phi) is 4.83. The van der Waals surface area contributed by atoms with Crippen molar-refractivity contribution in [3.63, 3.8) is 0 Å². The summed E-state index contributed by atoms with van der Waals surface area (Å²) < 4.78 is 5.13. The van der Waals surface area contributed by atoms with E-state index in [1.165, 1.54) is 12.0 Å². The Labute approximate surface area is 115 Å². The third kappa shape index (κ3) is 3.72. The Morgan fingerprint density at radius 3 is 2.68 bits per heavy atom. The number of benzene rings is 1. The third-order valence-corrected chi connectivity index (χ3v) is 3.91. The largest absolute Gasteiger partial charge is 0.497 e. The van der Waals surface area contributed by atoms with Gasteiger partial charge >= 0.3 is 0 Å². The van der Waals surface area contributed by atoms with Crippen molar-refractivity contribution in [2.24, 2.45) is 0 Å². The second kappa shape index (κ2) is 6.60. The van der Waals surface area contributed by atoms with Crippen LogP contribution in [0.4, 0.5) is 0 Å². The summed E-state index contributed by atoms with van der Waals surface area (Å²) in [5, 5.41) is 0. The van der Waals surface area contributed by atoms with Crippen molar-refractivity contribution >= 4 is 5.91 Å². The molecule has 1 aliphatic heterocycles. The number of nitrogens with zero attached hydrogens (tertiary/aromatic N) is 1. The number of rotatable bonds is 4. The minimum atomic E-state index is 0.294. The van der Waals surface area contributed by atoms with E-state index in [2.05, 4.69) is 6.92 Å². The maximum Gasteiger partial charge on any atom is 0.223 e. The van der Waals surface area contributed by atoms with Gasteiger partial charge in [-0.25, -0.2) is 0 Å². The first-order valence-corrected chi connectivity index (χ1v) is 7.13. The lowest BCUT2D eigenvalue weighted by Gasteiger charge is -2.33. The van der Waals surface area contributed by atoms with Crippen molar-refractivity contribution in [1.29, 1.82) is 0 Å². The normalized spacial score (nSPS) is 19.3. The Hall–Kier alpha value is -1.51. The first-order valence-electron chi connectivity index (χ1n) is 7.13. The van der Waals surface area contributed by atoms with Crippen LogP contribution in [0.5, 0.6) is 5.75 Å². The average Bonchev–Trinajstić information content (AvgIpc) is 2.46. The fraction of sp³-hybridized carbons (Fsp3) is 0.562. The minimum absolute atomic E-state index is 0.294. The van der Waals surface area contributed by atoms with Crippen molar-refractivity contribution in [3.8, 4) is 5.75 Å². The van der Waals surface area contributed by atoms with E-state index in [1.807, 2.05) is 29.2 Å². The first kappa shape index (κ1) is 13.9. The molecule has 1 heterocycles. The van der Waals surface area contributed by atoms with Gasteiger partial charge in [0.15, 0.2) is 0 Å². The summed E-state index contributed by atoms with van der Waals surface area (Å²) >= 11 is 0. The van der Waals surface area contributed by atoms with Crippen LogP contribution < -0.4 is 4.74 Å². The lowest BCUT2D eigenvalue weighted by atomic mass is 10.0. The fourth-order valence-electron chi connectivity index (χ4n) is 2.66. The van der Waals surface area contributed by atoms with Gasteiger partial charge in [0.05, 0.1) is 7.11 Å². The highest BCUT2D eigenvalue weighted by Crippen LogP contribution is 2.18. The molecular formula is C16H23NO2. The summed E-state index contributed by atoms with van der Waals surface area (Å²) in [6, 6.07) is 8.38. The molecule has 1 aromatic carbocycles. The van der Waals surface area contributed by atoms with Crippen LogP contribution in [0.15, 0.2) is 24.3 Å². The van der Waals surface area contributed by atoms with Crippen LogP contribution in [-0.2, 0) is 11.2 Å². The van der Waals surface area contributed by atoms with E-state index in [1.54, 1.807) is 7.11 Å². The number of likely N-dealkylation sites (tertiary alicyclic amines) is 1. The maximum absolute atomic E-state index is 12.2. The van der Waals surface area contributed by atoms with E-state index in [9.17, 15) is 4.79 Å². The van der Waals surface area contributed by atoms with Gasteiger partial charge in [0, 0.05) is 19.0 Å². The summed E-state index contributed by atoms with van der Waals surface area (Å²) in [5.41, 5.74) is 1.19. The van der Waals surface area contributed by atoms with Gasteiger partial charge in [-0.3, -0.25) is 4.79 Å². The van der Waals surface area contributed by atoms with Gasteiger partial charge < -0.3 is 9.64 Å². The highest BCUT2D eigenvalue weighted by molar-refractivity contribution is 5.76. The van der Waals surface area contributed by atoms with E-state index in [0.29, 0.717) is 18.4 Å². The second-order valence-electron chi connectivity index (χ2n) is 5.28. The van der Waals surface area contributed by atoms with Crippen LogP contribution in [0.1, 0.15) is 38.2 Å². The number of methoxy groups -OCH3 is 1. The molecule has 0 saturated carbocycles. The van der Waals surface area contributed by atoms with Gasteiger partial charge in [-0.1, -0.05) is 12.1 Å². The molecule has 1 unspecified atom stereocenters. The minimum Gasteiger partial charge on any atom is -0.497 e. The number of piperidine rings is 1. The van der Waals surface area contributed by atoms with Crippen molar-refractivity contribution in [2.45, 2.75) is 45.1 Å². The fourth-order valence-corrected chi connectivity index (χ4v) is 2.66. The van der Waals surface area contributed by atoms with Crippen LogP contribution in [0.3, 0.4) is 0 Å². The first-order chi connectivity index (χ1) is 9.20. The van der Waals surface area contributed by atoms with Gasteiger partial charge in [-0.15, -0.1) is 0 Å². The topological polar surface area (TPSA) is 29.5 Å². The molecule has 3 nitrogen and oxygen atoms in total. The number of ether oxygens (including phenoxy) is 1. The molecule has 0 bridgehead atoms. The maximum atomic E-state index is 12.2. The van der Waals surface area contributed by atoms with Crippen molar-refractivity contribution in [1.82, 2.24) is 4.90 Å². The van der Waals surface area contributed by atoms with E-state index in [-0.39, 0.29) is 0 Å². The Morgan fingerprint density at radius 1 is 1.32 bits per heavy atom. The summed E-state index contributed by atoms with van der Waals surface area (Å²) in [6.45, 7) is 3.09. The van der Waals surface area contributed by atoms with Crippen LogP contribution in [0.25, 0.3) is 0 Å². The number of hydrogen-bond acceptors (Lipinski definition) is 2. The van der Waals surface area contributed by atoms with Gasteiger partial charge in [-0.2, -0.15) is 0 Å². The molecule has 1 saturated heterocycles. The Bertz CT molecular complexity index is 413. The summed E-state index contributed by atoms with van der Waals surface area (Å²) in [5.74, 6) is 1.16. The predicted octanol–water partition coefficient (Wildman–Crippen LogP) is 3.03. The van der Waals surface area contributed by atoms with Crippen LogP contribution in [-0.4, -0.2) is 30.5 Å². The quantitative estimate of drug-likeness (QED) is 0.833. The molecule has 0 aliphatic carbocycles. The van der Waals surface area contributed by atoms with Crippen molar-refractivity contribution in [3.05, 3.63) is 29.8 Å². The lowest BCUT2D eigenvalue weighted by Crippen LogP contribution is -2.42. The zero-order valence-electron chi connectivity index (χ0n) is 11.9. The molecule has 0 N–H and O–H groups in total. The lowest BCUT2D eigenvalue weighted by molar-refractivity contribution is -0.134. The highest BCUT2D eigenvalue weighted by Gasteiger charge is 2.22. The van der Waals surface area contributed by atoms with Crippen molar-refractivity contribution < 1.29 is 9.53 Å². The number of carbonyl (C=O) groups is 1. The monoisotopic (exact) mass is 261 g/mol. The molecule has 0 spiro atoms. The van der Waals surface area contributed by atoms with E-state index >= 15 is 0 Å². The molecule has 0 aromatic heterocycles. The SMILES string of the molecule is COc1ccc(CCC(=O)N2CCCCC2C)cc1. The van der Waals surface area contributed by atoms with Gasteiger partial charge in [0.1, 0.15) is 5.75 Å². The molecule has 1 amide bonds. The molecule has 19 heavy (non-hydrogen) atoms. The van der Waals surface area contributed by atoms with Gasteiger partial charge in [0.2, 0.25) is 5.91 Å². The van der Waals surface area contributed by atoms with E-state index < -0.39 is 0 Å². The number of aryl methyl sites for hydroxylation is 1. The molecule has 1 fully saturated rings. The van der Waals surface area contributed by atoms with E-state index in [0.717, 1.165) is 31.6 Å². The molecule has 104 valence electrons. The van der Waals surface area contributed by atoms with Crippen molar-refractivity contribution in [2.75, 3.05) is 13.7 Å². The molecular weight excluding hydrogens is 238 g/mol. The Morgan fingerprint density at radius 2 is 2.05 bits per heavy atom. The molecule has 1 atom stereocenters. The van der Waals surface area contributed by atoms with E-state index in [4.69, 9.17) is 4.74 Å². The van der Waals surface area contributed by atoms with Gasteiger partial charge in [-0.05, 0) is 50.3 Å². The van der Waals surface area contributed by atoms with Crippen LogP contribution >= 0.6 is 0 Å². The van der Waals surface area contributed by atoms with Gasteiger partial charge in [0.25, 0.3) is 0 Å². The number of hydrogen-bond donors (Lipinski definition) is 0. The molecule has 0 radical (unpaired) electrons. The second-order valence-corrected chi connectivity index (χ2v) is 5.28. The zero-order chi connectivity index (χ0) is 13.7. The average molecular weight is 261 g/mol. The molecule has 3 heteroatoms. The molecule has 1 aliphatic rings. The highest BCUT2D eigenvalue weighted by atomic mass is 16.5. The third-order valence-electron chi connectivity index (χ3n) is 3.91. The number of amides is 1. The predicted molar refractivity (Wildman–Crippen MR) is 76.3 cm³/mol. The standard InChI is InChI=1S/C16H23NO2/c1-13-5-3-4-12-17(13)16(18)11-8-14-6-9-15(19-2)10-7-14/h6-7,9-10,13H,3-5,8,11-12H2,1-2H3. The smallest absolute Gasteiger partial charge is 0.223 e. The molecule has 1 aromatic rings.